The van der Waals surface area contributed by atoms with Gasteiger partial charge in [0.1, 0.15) is 0 Å². The van der Waals surface area contributed by atoms with Crippen molar-refractivity contribution < 1.29 is 19.4 Å². The Morgan fingerprint density at radius 1 is 0.800 bits per heavy atom. The molecule has 0 aliphatic heterocycles. The topological polar surface area (TPSA) is 63.6 Å². The predicted octanol–water partition coefficient (Wildman–Crippen LogP) is 6.64. The van der Waals surface area contributed by atoms with Gasteiger partial charge in [0.25, 0.3) is 0 Å². The molecule has 30 heavy (non-hydrogen) atoms. The van der Waals surface area contributed by atoms with E-state index < -0.39 is 0 Å². The van der Waals surface area contributed by atoms with Gasteiger partial charge >= 0.3 is 5.97 Å². The van der Waals surface area contributed by atoms with Gasteiger partial charge in [-0.1, -0.05) is 108 Å². The highest BCUT2D eigenvalue weighted by atomic mass is 16.5. The molecule has 1 unspecified atom stereocenters. The Morgan fingerprint density at radius 3 is 1.93 bits per heavy atom. The van der Waals surface area contributed by atoms with Gasteiger partial charge in [0.05, 0.1) is 6.10 Å². The maximum Gasteiger partial charge on any atom is 0.306 e. The van der Waals surface area contributed by atoms with Crippen LogP contribution in [0.1, 0.15) is 114 Å². The summed E-state index contributed by atoms with van der Waals surface area (Å²) in [4.78, 5) is 23.6. The predicted molar refractivity (Wildman–Crippen MR) is 123 cm³/mol. The first-order valence-electron chi connectivity index (χ1n) is 12.1. The molecule has 170 valence electrons. The second kappa shape index (κ2) is 18.1. The molecular weight excluding hydrogens is 376 g/mol. The van der Waals surface area contributed by atoms with Crippen LogP contribution in [0.5, 0.6) is 0 Å². The van der Waals surface area contributed by atoms with Crippen LogP contribution in [0.3, 0.4) is 0 Å². The molecule has 0 aliphatic rings. The van der Waals surface area contributed by atoms with Crippen molar-refractivity contribution in [2.45, 2.75) is 109 Å². The lowest BCUT2D eigenvalue weighted by Crippen LogP contribution is -2.13. The van der Waals surface area contributed by atoms with Crippen molar-refractivity contribution in [2.24, 2.45) is 0 Å². The first kappa shape index (κ1) is 26.4. The Balaban J connectivity index is 1.87. The molecule has 4 heteroatoms. The molecule has 1 aromatic rings. The van der Waals surface area contributed by atoms with Crippen LogP contribution in [0.4, 0.5) is 0 Å². The summed E-state index contributed by atoms with van der Waals surface area (Å²) in [7, 11) is 0. The number of rotatable bonds is 19. The average Bonchev–Trinajstić information content (AvgIpc) is 2.77. The third kappa shape index (κ3) is 14.3. The number of ether oxygens (including phenoxy) is 1. The third-order valence-corrected chi connectivity index (χ3v) is 5.52. The summed E-state index contributed by atoms with van der Waals surface area (Å²) in [5.41, 5.74) is 0.576. The molecule has 0 amide bonds. The molecule has 0 bridgehead atoms. The number of Topliss-reactive ketones (excluding diaryl/α,β-unsaturated/α-hetero) is 1. The number of carbonyl (C=O) groups excluding carboxylic acids is 2. The Morgan fingerprint density at radius 2 is 1.33 bits per heavy atom. The van der Waals surface area contributed by atoms with Crippen LogP contribution in [0.2, 0.25) is 0 Å². The summed E-state index contributed by atoms with van der Waals surface area (Å²) < 4.78 is 5.08. The first-order chi connectivity index (χ1) is 14.6. The largest absolute Gasteiger partial charge is 0.457 e. The first-order valence-corrected chi connectivity index (χ1v) is 12.1. The fraction of sp³-hybridized carbons (Fsp3) is 0.692. The Hall–Kier alpha value is -1.68. The molecule has 0 fully saturated rings. The second-order valence-electron chi connectivity index (χ2n) is 8.32. The van der Waals surface area contributed by atoms with Gasteiger partial charge in [0.2, 0.25) is 0 Å². The molecule has 4 nitrogen and oxygen atoms in total. The summed E-state index contributed by atoms with van der Waals surface area (Å²) in [6.07, 6.45) is 16.1. The van der Waals surface area contributed by atoms with Crippen LogP contribution < -0.4 is 0 Å². The van der Waals surface area contributed by atoms with Gasteiger partial charge in [-0.05, 0) is 19.3 Å². The van der Waals surface area contributed by atoms with Crippen molar-refractivity contribution in [2.75, 3.05) is 6.61 Å². The Kier molecular flexibility index (Phi) is 15.9. The van der Waals surface area contributed by atoms with E-state index in [4.69, 9.17) is 4.74 Å². The van der Waals surface area contributed by atoms with Gasteiger partial charge in [-0.15, -0.1) is 0 Å². The van der Waals surface area contributed by atoms with Crippen molar-refractivity contribution in [3.05, 3.63) is 35.9 Å². The number of benzene rings is 1. The van der Waals surface area contributed by atoms with E-state index in [1.165, 1.54) is 44.9 Å². The Bertz CT molecular complexity index is 555. The molecule has 0 aromatic heterocycles. The maximum atomic E-state index is 11.9. The smallest absolute Gasteiger partial charge is 0.306 e. The number of aliphatic hydroxyl groups excluding tert-OH is 1. The van der Waals surface area contributed by atoms with Crippen LogP contribution in [0, 0.1) is 0 Å². The summed E-state index contributed by atoms with van der Waals surface area (Å²) in [6.45, 7) is 2.04. The quantitative estimate of drug-likeness (QED) is 0.155. The SMILES string of the molecule is CCCCCCC(O)CCCCCCCCCCC(=O)OCC(=O)c1ccccc1. The van der Waals surface area contributed by atoms with Crippen molar-refractivity contribution in [1.82, 2.24) is 0 Å². The van der Waals surface area contributed by atoms with Gasteiger partial charge in [0.15, 0.2) is 12.4 Å². The van der Waals surface area contributed by atoms with Crippen LogP contribution >= 0.6 is 0 Å². The summed E-state index contributed by atoms with van der Waals surface area (Å²) in [6, 6.07) is 8.91. The number of ketones is 1. The zero-order valence-electron chi connectivity index (χ0n) is 18.9. The van der Waals surface area contributed by atoms with Gasteiger partial charge in [-0.3, -0.25) is 9.59 Å². The van der Waals surface area contributed by atoms with E-state index in [0.29, 0.717) is 12.0 Å². The minimum Gasteiger partial charge on any atom is -0.457 e. The molecule has 0 saturated heterocycles. The number of carbonyl (C=O) groups is 2. The number of hydrogen-bond acceptors (Lipinski definition) is 4. The highest BCUT2D eigenvalue weighted by Gasteiger charge is 2.09. The molecule has 0 heterocycles. The fourth-order valence-electron chi connectivity index (χ4n) is 3.59. The number of unbranched alkanes of at least 4 members (excludes halogenated alkanes) is 10. The van der Waals surface area contributed by atoms with Gasteiger partial charge < -0.3 is 9.84 Å². The second-order valence-corrected chi connectivity index (χ2v) is 8.32. The maximum absolute atomic E-state index is 11.9. The number of esters is 1. The van der Waals surface area contributed by atoms with E-state index in [1.54, 1.807) is 24.3 Å². The molecule has 0 spiro atoms. The number of hydrogen-bond donors (Lipinski definition) is 1. The summed E-state index contributed by atoms with van der Waals surface area (Å²) in [5, 5.41) is 9.96. The van der Waals surface area contributed by atoms with E-state index in [1.807, 2.05) is 6.07 Å². The van der Waals surface area contributed by atoms with Gasteiger partial charge in [0, 0.05) is 12.0 Å². The molecule has 0 aliphatic carbocycles. The minimum absolute atomic E-state index is 0.107. The van der Waals surface area contributed by atoms with E-state index in [0.717, 1.165) is 44.9 Å². The van der Waals surface area contributed by atoms with E-state index in [-0.39, 0.29) is 24.5 Å². The molecule has 1 aromatic carbocycles. The minimum atomic E-state index is -0.285. The van der Waals surface area contributed by atoms with Crippen LogP contribution in [0.25, 0.3) is 0 Å². The Labute approximate surface area is 183 Å². The number of aliphatic hydroxyl groups is 1. The normalized spacial score (nSPS) is 11.9. The van der Waals surface area contributed by atoms with Crippen molar-refractivity contribution in [1.29, 1.82) is 0 Å². The van der Waals surface area contributed by atoms with Gasteiger partial charge in [-0.2, -0.15) is 0 Å². The molecule has 1 N–H and O–H groups in total. The van der Waals surface area contributed by atoms with E-state index in [2.05, 4.69) is 6.92 Å². The average molecular weight is 419 g/mol. The highest BCUT2D eigenvalue weighted by molar-refractivity contribution is 5.97. The zero-order valence-corrected chi connectivity index (χ0v) is 18.9. The third-order valence-electron chi connectivity index (χ3n) is 5.52. The molecule has 0 saturated carbocycles. The van der Waals surface area contributed by atoms with Gasteiger partial charge in [-0.25, -0.2) is 0 Å². The van der Waals surface area contributed by atoms with Crippen molar-refractivity contribution >= 4 is 11.8 Å². The molecule has 1 rings (SSSR count). The standard InChI is InChI=1S/C26H42O4/c1-2-3-4-14-19-24(27)20-15-9-7-5-6-8-10-16-21-26(29)30-22-25(28)23-17-12-11-13-18-23/h11-13,17-18,24,27H,2-10,14-16,19-22H2,1H3. The van der Waals surface area contributed by atoms with Crippen LogP contribution in [-0.2, 0) is 9.53 Å². The lowest BCUT2D eigenvalue weighted by molar-refractivity contribution is -0.142. The van der Waals surface area contributed by atoms with E-state index >= 15 is 0 Å². The van der Waals surface area contributed by atoms with Crippen LogP contribution in [0.15, 0.2) is 30.3 Å². The van der Waals surface area contributed by atoms with Crippen molar-refractivity contribution in [3.8, 4) is 0 Å². The zero-order chi connectivity index (χ0) is 21.9. The monoisotopic (exact) mass is 418 g/mol. The molecule has 0 radical (unpaired) electrons. The fourth-order valence-corrected chi connectivity index (χ4v) is 3.59. The summed E-state index contributed by atoms with van der Waals surface area (Å²) >= 11 is 0. The molecular formula is C26H42O4. The lowest BCUT2D eigenvalue weighted by Gasteiger charge is -2.10. The highest BCUT2D eigenvalue weighted by Crippen LogP contribution is 2.14. The summed E-state index contributed by atoms with van der Waals surface area (Å²) in [5.74, 6) is -0.444. The van der Waals surface area contributed by atoms with Crippen molar-refractivity contribution in [3.63, 3.8) is 0 Å². The lowest BCUT2D eigenvalue weighted by atomic mass is 10.0. The molecule has 1 atom stereocenters. The van der Waals surface area contributed by atoms with Crippen LogP contribution in [-0.4, -0.2) is 29.6 Å². The van der Waals surface area contributed by atoms with E-state index in [9.17, 15) is 14.7 Å².